The SMILES string of the molecule is CN(C)[C@H](CNC(=O)c1ccc(Cl)s1)C(=O)Nc1ccc(N2CCOCC2=O)cc1. The Bertz CT molecular complexity index is 916. The molecule has 2 aromatic rings. The van der Waals surface area contributed by atoms with E-state index in [2.05, 4.69) is 10.6 Å². The Morgan fingerprint density at radius 2 is 1.97 bits per heavy atom. The van der Waals surface area contributed by atoms with E-state index in [1.54, 1.807) is 60.3 Å². The molecule has 1 fully saturated rings. The lowest BCUT2D eigenvalue weighted by Gasteiger charge is -2.27. The van der Waals surface area contributed by atoms with Crippen LogP contribution in [0.4, 0.5) is 11.4 Å². The molecule has 1 atom stereocenters. The van der Waals surface area contributed by atoms with Gasteiger partial charge in [0.15, 0.2) is 0 Å². The maximum atomic E-state index is 12.7. The average molecular weight is 451 g/mol. The zero-order chi connectivity index (χ0) is 21.7. The van der Waals surface area contributed by atoms with Crippen molar-refractivity contribution in [2.75, 3.05) is 50.6 Å². The number of ether oxygens (including phenoxy) is 1. The van der Waals surface area contributed by atoms with Gasteiger partial charge in [-0.2, -0.15) is 0 Å². The molecule has 1 aromatic carbocycles. The number of thiophene rings is 1. The van der Waals surface area contributed by atoms with Crippen LogP contribution in [-0.4, -0.2) is 69.1 Å². The van der Waals surface area contributed by atoms with Crippen LogP contribution in [0.25, 0.3) is 0 Å². The van der Waals surface area contributed by atoms with E-state index in [0.29, 0.717) is 28.1 Å². The third kappa shape index (κ3) is 5.57. The predicted molar refractivity (Wildman–Crippen MR) is 117 cm³/mol. The second kappa shape index (κ2) is 10.0. The first-order valence-electron chi connectivity index (χ1n) is 9.34. The van der Waals surface area contributed by atoms with Crippen molar-refractivity contribution in [1.82, 2.24) is 10.2 Å². The number of nitrogens with one attached hydrogen (secondary N) is 2. The summed E-state index contributed by atoms with van der Waals surface area (Å²) in [6, 6.07) is 9.80. The number of hydrogen-bond acceptors (Lipinski definition) is 6. The molecule has 8 nitrogen and oxygen atoms in total. The number of halogens is 1. The normalized spacial score (nSPS) is 15.2. The topological polar surface area (TPSA) is 91.0 Å². The van der Waals surface area contributed by atoms with Gasteiger partial charge >= 0.3 is 0 Å². The second-order valence-corrected chi connectivity index (χ2v) is 8.64. The van der Waals surface area contributed by atoms with Crippen molar-refractivity contribution in [2.24, 2.45) is 0 Å². The lowest BCUT2D eigenvalue weighted by molar-refractivity contribution is -0.125. The van der Waals surface area contributed by atoms with Gasteiger partial charge in [-0.1, -0.05) is 11.6 Å². The van der Waals surface area contributed by atoms with Gasteiger partial charge in [0.1, 0.15) is 12.6 Å². The zero-order valence-corrected chi connectivity index (χ0v) is 18.3. The summed E-state index contributed by atoms with van der Waals surface area (Å²) in [5.41, 5.74) is 1.36. The van der Waals surface area contributed by atoms with Crippen LogP contribution < -0.4 is 15.5 Å². The van der Waals surface area contributed by atoms with Gasteiger partial charge in [-0.3, -0.25) is 19.3 Å². The van der Waals surface area contributed by atoms with Crippen LogP contribution in [0, 0.1) is 0 Å². The van der Waals surface area contributed by atoms with Crippen LogP contribution in [0.15, 0.2) is 36.4 Å². The van der Waals surface area contributed by atoms with Crippen LogP contribution in [0.1, 0.15) is 9.67 Å². The van der Waals surface area contributed by atoms with Crippen molar-refractivity contribution >= 4 is 52.0 Å². The summed E-state index contributed by atoms with van der Waals surface area (Å²) in [5.74, 6) is -0.612. The van der Waals surface area contributed by atoms with Gasteiger partial charge in [0.2, 0.25) is 5.91 Å². The van der Waals surface area contributed by atoms with Gasteiger partial charge in [0.25, 0.3) is 11.8 Å². The molecule has 0 spiro atoms. The third-order valence-electron chi connectivity index (χ3n) is 4.61. The number of anilines is 2. The lowest BCUT2D eigenvalue weighted by atomic mass is 10.2. The molecule has 2 N–H and O–H groups in total. The standard InChI is InChI=1S/C20H23ClN4O4S/c1-24(2)15(11-22-20(28)16-7-8-17(21)30-16)19(27)23-13-3-5-14(6-4-13)25-9-10-29-12-18(25)26/h3-8,15H,9-12H2,1-2H3,(H,22,28)(H,23,27)/t15-/m1/s1. The minimum atomic E-state index is -0.565. The Hall–Kier alpha value is -2.46. The maximum absolute atomic E-state index is 12.7. The summed E-state index contributed by atoms with van der Waals surface area (Å²) in [5, 5.41) is 5.63. The van der Waals surface area contributed by atoms with Crippen molar-refractivity contribution in [2.45, 2.75) is 6.04 Å². The first-order valence-corrected chi connectivity index (χ1v) is 10.5. The molecule has 3 amide bonds. The minimum absolute atomic E-state index is 0.0758. The monoisotopic (exact) mass is 450 g/mol. The van der Waals surface area contributed by atoms with Gasteiger partial charge in [0.05, 0.1) is 15.8 Å². The van der Waals surface area contributed by atoms with Crippen molar-refractivity contribution in [3.05, 3.63) is 45.6 Å². The molecule has 1 aliphatic heterocycles. The quantitative estimate of drug-likeness (QED) is 0.673. The molecule has 0 unspecified atom stereocenters. The highest BCUT2D eigenvalue weighted by atomic mass is 35.5. The molecular weight excluding hydrogens is 428 g/mol. The Morgan fingerprint density at radius 3 is 2.57 bits per heavy atom. The summed E-state index contributed by atoms with van der Waals surface area (Å²) < 4.78 is 5.67. The largest absolute Gasteiger partial charge is 0.370 e. The Kier molecular flexibility index (Phi) is 7.43. The van der Waals surface area contributed by atoms with Gasteiger partial charge in [-0.05, 0) is 50.5 Å². The molecule has 30 heavy (non-hydrogen) atoms. The van der Waals surface area contributed by atoms with Crippen LogP contribution in [0.2, 0.25) is 4.34 Å². The number of hydrogen-bond donors (Lipinski definition) is 2. The van der Waals surface area contributed by atoms with E-state index in [1.165, 1.54) is 11.3 Å². The number of carbonyl (C=O) groups excluding carboxylic acids is 3. The molecule has 1 aromatic heterocycles. The summed E-state index contributed by atoms with van der Waals surface area (Å²) in [7, 11) is 3.54. The fraction of sp³-hybridized carbons (Fsp3) is 0.350. The number of morpholine rings is 1. The van der Waals surface area contributed by atoms with E-state index >= 15 is 0 Å². The smallest absolute Gasteiger partial charge is 0.261 e. The molecule has 0 bridgehead atoms. The van der Waals surface area contributed by atoms with Gasteiger partial charge in [0, 0.05) is 24.5 Å². The first kappa shape index (κ1) is 22.2. The van der Waals surface area contributed by atoms with Crippen LogP contribution in [-0.2, 0) is 14.3 Å². The summed E-state index contributed by atoms with van der Waals surface area (Å²) in [4.78, 5) is 40.8. The molecule has 2 heterocycles. The third-order valence-corrected chi connectivity index (χ3v) is 5.84. The predicted octanol–water partition coefficient (Wildman–Crippen LogP) is 2.06. The molecule has 3 rings (SSSR count). The highest BCUT2D eigenvalue weighted by molar-refractivity contribution is 7.18. The fourth-order valence-electron chi connectivity index (χ4n) is 2.96. The Labute approximate surface area is 183 Å². The molecule has 0 aliphatic carbocycles. The number of likely N-dealkylation sites (N-methyl/N-ethyl adjacent to an activating group) is 1. The van der Waals surface area contributed by atoms with Gasteiger partial charge in [-0.25, -0.2) is 0 Å². The molecule has 0 saturated carbocycles. The van der Waals surface area contributed by atoms with Crippen LogP contribution in [0.5, 0.6) is 0 Å². The van der Waals surface area contributed by atoms with Crippen molar-refractivity contribution in [3.8, 4) is 0 Å². The van der Waals surface area contributed by atoms with E-state index in [-0.39, 0.29) is 30.9 Å². The lowest BCUT2D eigenvalue weighted by Crippen LogP contribution is -2.47. The maximum Gasteiger partial charge on any atom is 0.261 e. The van der Waals surface area contributed by atoms with Gasteiger partial charge in [-0.15, -0.1) is 11.3 Å². The van der Waals surface area contributed by atoms with E-state index in [0.717, 1.165) is 5.69 Å². The molecule has 0 radical (unpaired) electrons. The van der Waals surface area contributed by atoms with Crippen molar-refractivity contribution in [3.63, 3.8) is 0 Å². The average Bonchev–Trinajstić information content (AvgIpc) is 3.15. The number of rotatable bonds is 7. The van der Waals surface area contributed by atoms with Crippen LogP contribution in [0.3, 0.4) is 0 Å². The molecule has 1 saturated heterocycles. The number of benzene rings is 1. The van der Waals surface area contributed by atoms with E-state index in [9.17, 15) is 14.4 Å². The summed E-state index contributed by atoms with van der Waals surface area (Å²) in [6.45, 7) is 1.22. The first-order chi connectivity index (χ1) is 14.3. The highest BCUT2D eigenvalue weighted by Gasteiger charge is 2.23. The zero-order valence-electron chi connectivity index (χ0n) is 16.7. The van der Waals surface area contributed by atoms with E-state index < -0.39 is 6.04 Å². The number of carbonyl (C=O) groups is 3. The Balaban J connectivity index is 1.59. The minimum Gasteiger partial charge on any atom is -0.370 e. The number of nitrogens with zero attached hydrogens (tertiary/aromatic N) is 2. The summed E-state index contributed by atoms with van der Waals surface area (Å²) in [6.07, 6.45) is 0. The van der Waals surface area contributed by atoms with E-state index in [4.69, 9.17) is 16.3 Å². The molecule has 160 valence electrons. The number of amides is 3. The fourth-order valence-corrected chi connectivity index (χ4v) is 3.92. The second-order valence-electron chi connectivity index (χ2n) is 6.93. The molecule has 10 heteroatoms. The molecule has 1 aliphatic rings. The molecular formula is C20H23ClN4O4S. The van der Waals surface area contributed by atoms with Crippen molar-refractivity contribution < 1.29 is 19.1 Å². The van der Waals surface area contributed by atoms with Gasteiger partial charge < -0.3 is 20.3 Å². The highest BCUT2D eigenvalue weighted by Crippen LogP contribution is 2.21. The van der Waals surface area contributed by atoms with Crippen LogP contribution >= 0.6 is 22.9 Å². The Morgan fingerprint density at radius 1 is 1.23 bits per heavy atom. The van der Waals surface area contributed by atoms with E-state index in [1.807, 2.05) is 0 Å². The van der Waals surface area contributed by atoms with Crippen molar-refractivity contribution in [1.29, 1.82) is 0 Å². The summed E-state index contributed by atoms with van der Waals surface area (Å²) >= 11 is 7.05.